The van der Waals surface area contributed by atoms with Gasteiger partial charge in [-0.15, -0.1) is 0 Å². The van der Waals surface area contributed by atoms with Gasteiger partial charge in [0.1, 0.15) is 5.75 Å². The Bertz CT molecular complexity index is 473. The average molecular weight is 298 g/mol. The van der Waals surface area contributed by atoms with Gasteiger partial charge in [0.15, 0.2) is 0 Å². The van der Waals surface area contributed by atoms with Crippen molar-refractivity contribution in [3.8, 4) is 5.75 Å². The number of ether oxygens (including phenoxy) is 1. The minimum atomic E-state index is -1.26. The van der Waals surface area contributed by atoms with E-state index in [0.717, 1.165) is 11.3 Å². The molecule has 0 aliphatic heterocycles. The van der Waals surface area contributed by atoms with Crippen LogP contribution in [0.4, 0.5) is 0 Å². The number of aliphatic hydroxyl groups is 1. The molecule has 0 saturated heterocycles. The molecule has 0 aliphatic carbocycles. The third kappa shape index (κ3) is 9.16. The maximum atomic E-state index is 9.55. The van der Waals surface area contributed by atoms with E-state index in [-0.39, 0.29) is 0 Å². The molecule has 0 bridgehead atoms. The van der Waals surface area contributed by atoms with Crippen molar-refractivity contribution in [3.05, 3.63) is 42.0 Å². The first-order chi connectivity index (χ1) is 9.90. The number of carboxylic acid groups (broad SMARTS) is 2. The fourth-order valence-electron chi connectivity index (χ4n) is 1.22. The number of carbonyl (C=O) groups is 2. The summed E-state index contributed by atoms with van der Waals surface area (Å²) in [6, 6.07) is 7.26. The van der Waals surface area contributed by atoms with Crippen LogP contribution in [-0.2, 0) is 9.59 Å². The van der Waals surface area contributed by atoms with Gasteiger partial charge >= 0.3 is 11.9 Å². The summed E-state index contributed by atoms with van der Waals surface area (Å²) in [5.74, 6) is 3.31. The van der Waals surface area contributed by atoms with E-state index in [1.165, 1.54) is 0 Å². The van der Waals surface area contributed by atoms with Crippen LogP contribution in [0.25, 0.3) is 0 Å². The van der Waals surface area contributed by atoms with Crippen molar-refractivity contribution in [2.45, 2.75) is 6.10 Å². The van der Waals surface area contributed by atoms with Crippen LogP contribution >= 0.6 is 0 Å². The molecule has 1 atom stereocenters. The lowest BCUT2D eigenvalue weighted by atomic mass is 10.1. The lowest BCUT2D eigenvalue weighted by Crippen LogP contribution is -2.27. The first-order valence-corrected chi connectivity index (χ1v) is 5.80. The minimum absolute atomic E-state index is 0.327. The summed E-state index contributed by atoms with van der Waals surface area (Å²) in [5, 5.41) is 25.2. The third-order valence-corrected chi connectivity index (χ3v) is 2.16. The van der Waals surface area contributed by atoms with Gasteiger partial charge in [0.25, 0.3) is 0 Å². The zero-order valence-electron chi connectivity index (χ0n) is 11.4. The fraction of sp³-hybridized carbons (Fsp3) is 0.231. The highest BCUT2D eigenvalue weighted by atomic mass is 16.5. The van der Waals surface area contributed by atoms with E-state index >= 15 is 0 Å². The predicted octanol–water partition coefficient (Wildman–Crippen LogP) is -0.0963. The summed E-state index contributed by atoms with van der Waals surface area (Å²) in [7, 11) is 1.59. The van der Waals surface area contributed by atoms with E-state index < -0.39 is 18.0 Å². The third-order valence-electron chi connectivity index (χ3n) is 2.16. The Kier molecular flexibility index (Phi) is 9.18. The second-order valence-corrected chi connectivity index (χ2v) is 3.71. The van der Waals surface area contributed by atoms with Gasteiger partial charge in [-0.05, 0) is 17.7 Å². The lowest BCUT2D eigenvalue weighted by Gasteiger charge is -2.10. The van der Waals surface area contributed by atoms with E-state index in [2.05, 4.69) is 5.43 Å². The molecule has 116 valence electrons. The van der Waals surface area contributed by atoms with E-state index in [1.54, 1.807) is 13.2 Å². The zero-order valence-corrected chi connectivity index (χ0v) is 11.4. The molecule has 1 aromatic carbocycles. The van der Waals surface area contributed by atoms with E-state index in [4.69, 9.17) is 20.8 Å². The maximum absolute atomic E-state index is 9.55. The summed E-state index contributed by atoms with van der Waals surface area (Å²) < 4.78 is 5.02. The van der Waals surface area contributed by atoms with Gasteiger partial charge in [0.05, 0.1) is 13.2 Å². The van der Waals surface area contributed by atoms with Crippen molar-refractivity contribution in [2.75, 3.05) is 13.7 Å². The molecule has 1 aromatic rings. The Morgan fingerprint density at radius 1 is 1.33 bits per heavy atom. The van der Waals surface area contributed by atoms with Crippen molar-refractivity contribution < 1.29 is 29.6 Å². The normalized spacial score (nSPS) is 11.4. The predicted molar refractivity (Wildman–Crippen MR) is 74.6 cm³/mol. The number of carboxylic acids is 2. The van der Waals surface area contributed by atoms with E-state index in [1.807, 2.05) is 18.2 Å². The largest absolute Gasteiger partial charge is 0.497 e. The SMILES string of the molecule is COc1cccc(C(O)CNN)c1.O=C(O)/C=C\C(=O)O. The fourth-order valence-corrected chi connectivity index (χ4v) is 1.22. The molecule has 0 heterocycles. The summed E-state index contributed by atoms with van der Waals surface area (Å²) in [6.45, 7) is 0.327. The Morgan fingerprint density at radius 2 is 1.90 bits per heavy atom. The molecule has 1 rings (SSSR count). The van der Waals surface area contributed by atoms with Crippen LogP contribution in [0, 0.1) is 0 Å². The number of nitrogens with two attached hydrogens (primary N) is 1. The van der Waals surface area contributed by atoms with E-state index in [9.17, 15) is 14.7 Å². The Labute approximate surface area is 121 Å². The highest BCUT2D eigenvalue weighted by molar-refractivity contribution is 5.89. The highest BCUT2D eigenvalue weighted by Crippen LogP contribution is 2.18. The molecule has 8 nitrogen and oxygen atoms in total. The first-order valence-electron chi connectivity index (χ1n) is 5.80. The molecule has 1 unspecified atom stereocenters. The average Bonchev–Trinajstić information content (AvgIpc) is 2.46. The van der Waals surface area contributed by atoms with Gasteiger partial charge in [0.2, 0.25) is 0 Å². The summed E-state index contributed by atoms with van der Waals surface area (Å²) in [6.07, 6.45) is 0.519. The maximum Gasteiger partial charge on any atom is 0.328 e. The van der Waals surface area contributed by atoms with Crippen LogP contribution in [0.15, 0.2) is 36.4 Å². The molecular formula is C13H18N2O6. The van der Waals surface area contributed by atoms with Gasteiger partial charge in [-0.3, -0.25) is 11.3 Å². The molecule has 0 saturated carbocycles. The second kappa shape index (κ2) is 10.4. The van der Waals surface area contributed by atoms with E-state index in [0.29, 0.717) is 18.7 Å². The van der Waals surface area contributed by atoms with Crippen molar-refractivity contribution in [2.24, 2.45) is 5.84 Å². The summed E-state index contributed by atoms with van der Waals surface area (Å²) in [4.78, 5) is 19.1. The molecule has 0 aliphatic rings. The van der Waals surface area contributed by atoms with Crippen molar-refractivity contribution in [3.63, 3.8) is 0 Å². The molecule has 21 heavy (non-hydrogen) atoms. The highest BCUT2D eigenvalue weighted by Gasteiger charge is 2.06. The number of hydrogen-bond acceptors (Lipinski definition) is 6. The molecule has 0 amide bonds. The number of aliphatic hydroxyl groups excluding tert-OH is 1. The van der Waals surface area contributed by atoms with Gasteiger partial charge in [-0.1, -0.05) is 12.1 Å². The van der Waals surface area contributed by atoms with Gasteiger partial charge < -0.3 is 20.1 Å². The van der Waals surface area contributed by atoms with Crippen molar-refractivity contribution in [1.29, 1.82) is 0 Å². The summed E-state index contributed by atoms with van der Waals surface area (Å²) in [5.41, 5.74) is 3.20. The quantitative estimate of drug-likeness (QED) is 0.278. The van der Waals surface area contributed by atoms with Crippen molar-refractivity contribution in [1.82, 2.24) is 5.43 Å². The number of methoxy groups -OCH3 is 1. The molecule has 6 N–H and O–H groups in total. The molecular weight excluding hydrogens is 280 g/mol. The van der Waals surface area contributed by atoms with Crippen LogP contribution in [-0.4, -0.2) is 40.9 Å². The zero-order chi connectivity index (χ0) is 16.3. The van der Waals surface area contributed by atoms with Crippen LogP contribution < -0.4 is 16.0 Å². The summed E-state index contributed by atoms with van der Waals surface area (Å²) >= 11 is 0. The molecule has 0 radical (unpaired) electrons. The number of aliphatic carboxylic acids is 2. The molecule has 0 aromatic heterocycles. The number of rotatable bonds is 6. The van der Waals surface area contributed by atoms with Crippen molar-refractivity contribution >= 4 is 11.9 Å². The monoisotopic (exact) mass is 298 g/mol. The number of benzene rings is 1. The van der Waals surface area contributed by atoms with Crippen LogP contribution in [0.2, 0.25) is 0 Å². The standard InChI is InChI=1S/C9H14N2O2.C4H4O4/c1-13-8-4-2-3-7(5-8)9(12)6-11-10;5-3(6)1-2-4(7)8/h2-5,9,11-12H,6,10H2,1H3;1-2H,(H,5,6)(H,7,8)/b;2-1-. The number of hydrogen-bond donors (Lipinski definition) is 5. The Balaban J connectivity index is 0.000000433. The number of hydrazine groups is 1. The van der Waals surface area contributed by atoms with Crippen LogP contribution in [0.1, 0.15) is 11.7 Å². The second-order valence-electron chi connectivity index (χ2n) is 3.71. The number of nitrogens with one attached hydrogen (secondary N) is 1. The van der Waals surface area contributed by atoms with Crippen LogP contribution in [0.5, 0.6) is 5.75 Å². The molecule has 8 heteroatoms. The van der Waals surface area contributed by atoms with Gasteiger partial charge in [-0.25, -0.2) is 9.59 Å². The smallest absolute Gasteiger partial charge is 0.328 e. The lowest BCUT2D eigenvalue weighted by molar-refractivity contribution is -0.134. The first kappa shape index (κ1) is 18.6. The Hall–Kier alpha value is -2.42. The molecule has 0 spiro atoms. The van der Waals surface area contributed by atoms with Crippen LogP contribution in [0.3, 0.4) is 0 Å². The van der Waals surface area contributed by atoms with Gasteiger partial charge in [0, 0.05) is 18.7 Å². The minimum Gasteiger partial charge on any atom is -0.497 e. The van der Waals surface area contributed by atoms with Gasteiger partial charge in [-0.2, -0.15) is 0 Å². The Morgan fingerprint density at radius 3 is 2.33 bits per heavy atom. The molecule has 0 fully saturated rings. The topological polar surface area (TPSA) is 142 Å².